The maximum absolute atomic E-state index is 13.3. The lowest BCUT2D eigenvalue weighted by atomic mass is 10.2. The van der Waals surface area contributed by atoms with Crippen molar-refractivity contribution in [2.45, 2.75) is 18.9 Å². The number of nitrogens with zero attached hydrogens (tertiary/aromatic N) is 3. The lowest BCUT2D eigenvalue weighted by Gasteiger charge is -2.22. The molecule has 0 unspecified atom stereocenters. The van der Waals surface area contributed by atoms with Crippen LogP contribution in [0.1, 0.15) is 24.8 Å². The van der Waals surface area contributed by atoms with Gasteiger partial charge in [-0.2, -0.15) is 4.98 Å². The highest BCUT2D eigenvalue weighted by molar-refractivity contribution is 6.31. The number of benzene rings is 2. The molecule has 0 bridgehead atoms. The summed E-state index contributed by atoms with van der Waals surface area (Å²) in [4.78, 5) is 18.8. The fourth-order valence-corrected chi connectivity index (χ4v) is 3.53. The molecular formula is C20H18ClFN4O3. The molecule has 0 saturated carbocycles. The van der Waals surface area contributed by atoms with Gasteiger partial charge in [-0.15, -0.1) is 0 Å². The first kappa shape index (κ1) is 19.2. The van der Waals surface area contributed by atoms with Gasteiger partial charge in [0, 0.05) is 12.2 Å². The van der Waals surface area contributed by atoms with E-state index in [2.05, 4.69) is 15.5 Å². The molecule has 9 heteroatoms. The Morgan fingerprint density at radius 3 is 2.97 bits per heavy atom. The third-order valence-electron chi connectivity index (χ3n) is 4.76. The van der Waals surface area contributed by atoms with Crippen LogP contribution in [-0.4, -0.2) is 34.7 Å². The monoisotopic (exact) mass is 416 g/mol. The summed E-state index contributed by atoms with van der Waals surface area (Å²) in [5.41, 5.74) is 1.12. The van der Waals surface area contributed by atoms with E-state index in [-0.39, 0.29) is 17.1 Å². The number of halogens is 2. The van der Waals surface area contributed by atoms with E-state index in [1.54, 1.807) is 12.0 Å². The maximum atomic E-state index is 13.3. The zero-order valence-electron chi connectivity index (χ0n) is 15.6. The Morgan fingerprint density at radius 1 is 1.34 bits per heavy atom. The molecule has 1 aliphatic rings. The van der Waals surface area contributed by atoms with Crippen molar-refractivity contribution >= 4 is 23.3 Å². The number of rotatable bonds is 4. The average Bonchev–Trinajstić information content (AvgIpc) is 3.40. The molecule has 150 valence electrons. The number of anilines is 1. The van der Waals surface area contributed by atoms with Gasteiger partial charge in [0.15, 0.2) is 0 Å². The summed E-state index contributed by atoms with van der Waals surface area (Å²) in [5, 5.41) is 6.73. The Morgan fingerprint density at radius 2 is 2.17 bits per heavy atom. The number of para-hydroxylation sites is 1. The van der Waals surface area contributed by atoms with Crippen LogP contribution in [0.25, 0.3) is 11.4 Å². The van der Waals surface area contributed by atoms with Crippen molar-refractivity contribution in [3.05, 3.63) is 59.2 Å². The van der Waals surface area contributed by atoms with Gasteiger partial charge in [0.2, 0.25) is 11.7 Å². The minimum absolute atomic E-state index is 0.0564. The van der Waals surface area contributed by atoms with Crippen LogP contribution in [0.3, 0.4) is 0 Å². The SMILES string of the molecule is COc1ccccc1-c1noc([C@@H]2CCCN2C(=O)Nc2ccc(F)c(Cl)c2)n1. The van der Waals surface area contributed by atoms with Crippen LogP contribution in [0.2, 0.25) is 5.02 Å². The lowest BCUT2D eigenvalue weighted by molar-refractivity contribution is 0.193. The second-order valence-electron chi connectivity index (χ2n) is 6.57. The van der Waals surface area contributed by atoms with Gasteiger partial charge in [0.1, 0.15) is 17.6 Å². The normalized spacial score (nSPS) is 16.1. The van der Waals surface area contributed by atoms with Crippen LogP contribution in [0.5, 0.6) is 5.75 Å². The van der Waals surface area contributed by atoms with Crippen molar-refractivity contribution in [2.24, 2.45) is 0 Å². The Bertz CT molecular complexity index is 1040. The van der Waals surface area contributed by atoms with Gasteiger partial charge in [0.25, 0.3) is 0 Å². The van der Waals surface area contributed by atoms with Gasteiger partial charge in [0.05, 0.1) is 17.7 Å². The molecule has 29 heavy (non-hydrogen) atoms. The third kappa shape index (κ3) is 3.88. The van der Waals surface area contributed by atoms with Gasteiger partial charge in [-0.1, -0.05) is 28.9 Å². The van der Waals surface area contributed by atoms with E-state index in [4.69, 9.17) is 20.9 Å². The molecule has 1 saturated heterocycles. The van der Waals surface area contributed by atoms with Crippen molar-refractivity contribution in [3.63, 3.8) is 0 Å². The van der Waals surface area contributed by atoms with Crippen molar-refractivity contribution < 1.29 is 18.4 Å². The summed E-state index contributed by atoms with van der Waals surface area (Å²) in [7, 11) is 1.57. The van der Waals surface area contributed by atoms with E-state index in [9.17, 15) is 9.18 Å². The molecule has 0 radical (unpaired) electrons. The molecule has 0 spiro atoms. The zero-order chi connectivity index (χ0) is 20.4. The molecule has 2 heterocycles. The van der Waals surface area contributed by atoms with Crippen molar-refractivity contribution in [3.8, 4) is 17.1 Å². The number of amides is 2. The number of nitrogens with one attached hydrogen (secondary N) is 1. The first-order chi connectivity index (χ1) is 14.1. The molecular weight excluding hydrogens is 399 g/mol. The summed E-state index contributed by atoms with van der Waals surface area (Å²) < 4.78 is 24.1. The minimum atomic E-state index is -0.543. The van der Waals surface area contributed by atoms with Crippen LogP contribution in [0.15, 0.2) is 47.0 Å². The highest BCUT2D eigenvalue weighted by Crippen LogP contribution is 2.34. The number of carbonyl (C=O) groups is 1. The van der Waals surface area contributed by atoms with E-state index in [1.165, 1.54) is 18.2 Å². The van der Waals surface area contributed by atoms with E-state index >= 15 is 0 Å². The molecule has 1 fully saturated rings. The maximum Gasteiger partial charge on any atom is 0.322 e. The van der Waals surface area contributed by atoms with Crippen molar-refractivity contribution in [1.82, 2.24) is 15.0 Å². The number of carbonyl (C=O) groups excluding carboxylic acids is 1. The molecule has 4 rings (SSSR count). The second kappa shape index (κ2) is 8.08. The Hall–Kier alpha value is -3.13. The summed E-state index contributed by atoms with van der Waals surface area (Å²) in [6.45, 7) is 0.539. The zero-order valence-corrected chi connectivity index (χ0v) is 16.3. The number of hydrogen-bond acceptors (Lipinski definition) is 5. The quantitative estimate of drug-likeness (QED) is 0.653. The fraction of sp³-hybridized carbons (Fsp3) is 0.250. The first-order valence-electron chi connectivity index (χ1n) is 9.06. The summed E-state index contributed by atoms with van der Waals surface area (Å²) >= 11 is 5.78. The molecule has 1 aromatic heterocycles. The number of ether oxygens (including phenoxy) is 1. The van der Waals surface area contributed by atoms with Crippen LogP contribution in [-0.2, 0) is 0 Å². The number of likely N-dealkylation sites (tertiary alicyclic amines) is 1. The topological polar surface area (TPSA) is 80.5 Å². The van der Waals surface area contributed by atoms with Crippen LogP contribution in [0, 0.1) is 5.82 Å². The highest BCUT2D eigenvalue weighted by Gasteiger charge is 2.34. The van der Waals surface area contributed by atoms with Gasteiger partial charge in [-0.25, -0.2) is 9.18 Å². The van der Waals surface area contributed by atoms with Gasteiger partial charge in [-0.3, -0.25) is 0 Å². The molecule has 1 atom stereocenters. The summed E-state index contributed by atoms with van der Waals surface area (Å²) in [6.07, 6.45) is 1.50. The van der Waals surface area contributed by atoms with Crippen LogP contribution in [0.4, 0.5) is 14.9 Å². The predicted octanol–water partition coefficient (Wildman–Crippen LogP) is 4.91. The van der Waals surface area contributed by atoms with Crippen LogP contribution >= 0.6 is 11.6 Å². The molecule has 1 N–H and O–H groups in total. The Balaban J connectivity index is 1.53. The molecule has 2 aromatic carbocycles. The molecule has 1 aliphatic heterocycles. The van der Waals surface area contributed by atoms with E-state index < -0.39 is 5.82 Å². The van der Waals surface area contributed by atoms with Crippen LogP contribution < -0.4 is 10.1 Å². The van der Waals surface area contributed by atoms with Gasteiger partial charge in [-0.05, 0) is 43.2 Å². The van der Waals surface area contributed by atoms with Crippen molar-refractivity contribution in [1.29, 1.82) is 0 Å². The number of aromatic nitrogens is 2. The van der Waals surface area contributed by atoms with Gasteiger partial charge >= 0.3 is 6.03 Å². The molecule has 3 aromatic rings. The Kier molecular flexibility index (Phi) is 5.35. The average molecular weight is 417 g/mol. The first-order valence-corrected chi connectivity index (χ1v) is 9.44. The second-order valence-corrected chi connectivity index (χ2v) is 6.97. The lowest BCUT2D eigenvalue weighted by Crippen LogP contribution is -2.34. The smallest absolute Gasteiger partial charge is 0.322 e. The largest absolute Gasteiger partial charge is 0.496 e. The fourth-order valence-electron chi connectivity index (χ4n) is 3.35. The number of methoxy groups -OCH3 is 1. The standard InChI is InChI=1S/C20H18ClFN4O3/c1-28-17-7-3-2-5-13(17)18-24-19(29-25-18)16-6-4-10-26(16)20(27)23-12-8-9-15(22)14(21)11-12/h2-3,5,7-9,11,16H,4,6,10H2,1H3,(H,23,27)/t16-/m0/s1. The third-order valence-corrected chi connectivity index (χ3v) is 5.05. The van der Waals surface area contributed by atoms with Crippen molar-refractivity contribution in [2.75, 3.05) is 19.0 Å². The number of urea groups is 1. The Labute approximate surface area is 171 Å². The summed E-state index contributed by atoms with van der Waals surface area (Å²) in [6, 6.07) is 10.7. The van der Waals surface area contributed by atoms with Gasteiger partial charge < -0.3 is 19.5 Å². The van der Waals surface area contributed by atoms with E-state index in [0.29, 0.717) is 41.7 Å². The predicted molar refractivity (Wildman–Crippen MR) is 105 cm³/mol. The summed E-state index contributed by atoms with van der Waals surface area (Å²) in [5.74, 6) is 0.846. The minimum Gasteiger partial charge on any atom is -0.496 e. The molecule has 7 nitrogen and oxygen atoms in total. The highest BCUT2D eigenvalue weighted by atomic mass is 35.5. The number of hydrogen-bond donors (Lipinski definition) is 1. The molecule has 0 aliphatic carbocycles. The molecule has 2 amide bonds. The van der Waals surface area contributed by atoms with E-state index in [1.807, 2.05) is 24.3 Å². The van der Waals surface area contributed by atoms with E-state index in [0.717, 1.165) is 6.42 Å².